The fraction of sp³-hybridized carbons (Fsp3) is 0.409. The molecule has 6 nitrogen and oxygen atoms in total. The van der Waals surface area contributed by atoms with Crippen LogP contribution in [0.15, 0.2) is 42.5 Å². The molecular weight excluding hydrogens is 354 g/mol. The summed E-state index contributed by atoms with van der Waals surface area (Å²) in [6.07, 6.45) is 0. The van der Waals surface area contributed by atoms with Crippen LogP contribution >= 0.6 is 0 Å². The highest BCUT2D eigenvalue weighted by Crippen LogP contribution is 2.32. The summed E-state index contributed by atoms with van der Waals surface area (Å²) in [7, 11) is 1.98. The number of hydrogen-bond donors (Lipinski definition) is 0. The Morgan fingerprint density at radius 2 is 1.82 bits per heavy atom. The number of carbonyl (C=O) groups is 1. The van der Waals surface area contributed by atoms with Gasteiger partial charge in [-0.15, -0.1) is 0 Å². The fourth-order valence-corrected chi connectivity index (χ4v) is 3.78. The number of rotatable bonds is 5. The van der Waals surface area contributed by atoms with E-state index >= 15 is 0 Å². The molecule has 4 rings (SSSR count). The third-order valence-corrected chi connectivity index (χ3v) is 5.29. The standard InChI is InChI=1S/C22H27N3O3/c1-17-4-3-5-19(12-17)24-8-10-25(11-9-24)22(26)15-23(2)14-18-6-7-20-21(13-18)28-16-27-20/h3-7,12-13H,8-11,14-16H2,1-2H3. The Labute approximate surface area is 166 Å². The molecule has 0 spiro atoms. The Morgan fingerprint density at radius 1 is 1.04 bits per heavy atom. The van der Waals surface area contributed by atoms with Crippen LogP contribution in [0.4, 0.5) is 5.69 Å². The molecule has 0 aliphatic carbocycles. The lowest BCUT2D eigenvalue weighted by Gasteiger charge is -2.37. The zero-order valence-electron chi connectivity index (χ0n) is 16.6. The summed E-state index contributed by atoms with van der Waals surface area (Å²) in [4.78, 5) is 19.1. The normalized spacial score (nSPS) is 16.0. The minimum Gasteiger partial charge on any atom is -0.454 e. The van der Waals surface area contributed by atoms with E-state index in [1.165, 1.54) is 11.3 Å². The van der Waals surface area contributed by atoms with E-state index in [0.717, 1.165) is 43.2 Å². The largest absolute Gasteiger partial charge is 0.454 e. The lowest BCUT2D eigenvalue weighted by atomic mass is 10.2. The topological polar surface area (TPSA) is 45.2 Å². The second kappa shape index (κ2) is 8.10. The van der Waals surface area contributed by atoms with E-state index in [4.69, 9.17) is 9.47 Å². The van der Waals surface area contributed by atoms with Crippen LogP contribution in [-0.2, 0) is 11.3 Å². The van der Waals surface area contributed by atoms with Gasteiger partial charge in [0.05, 0.1) is 6.54 Å². The fourth-order valence-electron chi connectivity index (χ4n) is 3.78. The molecule has 0 N–H and O–H groups in total. The third kappa shape index (κ3) is 4.22. The van der Waals surface area contributed by atoms with Gasteiger partial charge in [0.15, 0.2) is 11.5 Å². The van der Waals surface area contributed by atoms with Gasteiger partial charge in [0.2, 0.25) is 12.7 Å². The van der Waals surface area contributed by atoms with Gasteiger partial charge < -0.3 is 19.3 Å². The van der Waals surface area contributed by atoms with Crippen molar-refractivity contribution in [2.75, 3.05) is 51.5 Å². The highest BCUT2D eigenvalue weighted by atomic mass is 16.7. The summed E-state index contributed by atoms with van der Waals surface area (Å²) in [5.74, 6) is 1.76. The van der Waals surface area contributed by atoms with Crippen LogP contribution in [0.25, 0.3) is 0 Å². The summed E-state index contributed by atoms with van der Waals surface area (Å²) in [6, 6.07) is 14.5. The lowest BCUT2D eigenvalue weighted by molar-refractivity contribution is -0.132. The molecule has 2 aromatic carbocycles. The van der Waals surface area contributed by atoms with Gasteiger partial charge in [-0.2, -0.15) is 0 Å². The van der Waals surface area contributed by atoms with Crippen LogP contribution < -0.4 is 14.4 Å². The Kier molecular flexibility index (Phi) is 5.39. The van der Waals surface area contributed by atoms with E-state index in [9.17, 15) is 4.79 Å². The number of hydrogen-bond acceptors (Lipinski definition) is 5. The molecule has 6 heteroatoms. The second-order valence-electron chi connectivity index (χ2n) is 7.57. The minimum atomic E-state index is 0.187. The van der Waals surface area contributed by atoms with Crippen LogP contribution in [0.3, 0.4) is 0 Å². The first-order chi connectivity index (χ1) is 13.6. The number of amides is 1. The van der Waals surface area contributed by atoms with Gasteiger partial charge in [-0.05, 0) is 49.4 Å². The predicted octanol–water partition coefficient (Wildman–Crippen LogP) is 2.50. The van der Waals surface area contributed by atoms with Gasteiger partial charge in [0, 0.05) is 38.4 Å². The smallest absolute Gasteiger partial charge is 0.236 e. The number of aryl methyl sites for hydroxylation is 1. The molecule has 0 aromatic heterocycles. The molecule has 0 radical (unpaired) electrons. The van der Waals surface area contributed by atoms with E-state index in [-0.39, 0.29) is 12.7 Å². The average Bonchev–Trinajstić information content (AvgIpc) is 3.16. The first kappa shape index (κ1) is 18.6. The number of fused-ring (bicyclic) bond motifs is 1. The predicted molar refractivity (Wildman–Crippen MR) is 109 cm³/mol. The van der Waals surface area contributed by atoms with Crippen molar-refractivity contribution in [3.05, 3.63) is 53.6 Å². The Morgan fingerprint density at radius 3 is 2.61 bits per heavy atom. The van der Waals surface area contributed by atoms with Crippen molar-refractivity contribution >= 4 is 11.6 Å². The van der Waals surface area contributed by atoms with E-state index < -0.39 is 0 Å². The number of anilines is 1. The lowest BCUT2D eigenvalue weighted by Crippen LogP contribution is -2.51. The summed E-state index contributed by atoms with van der Waals surface area (Å²) in [5, 5.41) is 0. The molecule has 0 unspecified atom stereocenters. The molecule has 2 heterocycles. The summed E-state index contributed by atoms with van der Waals surface area (Å²) in [5.41, 5.74) is 3.62. The summed E-state index contributed by atoms with van der Waals surface area (Å²) < 4.78 is 10.8. The van der Waals surface area contributed by atoms with Crippen molar-refractivity contribution in [2.45, 2.75) is 13.5 Å². The number of piperazine rings is 1. The monoisotopic (exact) mass is 381 g/mol. The first-order valence-corrected chi connectivity index (χ1v) is 9.75. The van der Waals surface area contributed by atoms with Crippen molar-refractivity contribution in [3.63, 3.8) is 0 Å². The van der Waals surface area contributed by atoms with Crippen LogP contribution in [0.1, 0.15) is 11.1 Å². The number of nitrogens with zero attached hydrogens (tertiary/aromatic N) is 3. The van der Waals surface area contributed by atoms with E-state index in [1.807, 2.05) is 35.0 Å². The van der Waals surface area contributed by atoms with Crippen LogP contribution in [0, 0.1) is 6.92 Å². The van der Waals surface area contributed by atoms with Gasteiger partial charge in [0.25, 0.3) is 0 Å². The zero-order valence-corrected chi connectivity index (χ0v) is 16.6. The molecule has 0 bridgehead atoms. The van der Waals surface area contributed by atoms with Crippen molar-refractivity contribution in [1.82, 2.24) is 9.80 Å². The molecule has 2 aromatic rings. The van der Waals surface area contributed by atoms with E-state index in [2.05, 4.69) is 36.1 Å². The maximum absolute atomic E-state index is 12.7. The van der Waals surface area contributed by atoms with Crippen molar-refractivity contribution in [1.29, 1.82) is 0 Å². The van der Waals surface area contributed by atoms with Crippen LogP contribution in [0.2, 0.25) is 0 Å². The zero-order chi connectivity index (χ0) is 19.5. The quantitative estimate of drug-likeness (QED) is 0.796. The maximum atomic E-state index is 12.7. The molecular formula is C22H27N3O3. The van der Waals surface area contributed by atoms with Gasteiger partial charge in [-0.25, -0.2) is 0 Å². The van der Waals surface area contributed by atoms with Gasteiger partial charge >= 0.3 is 0 Å². The molecule has 2 aliphatic heterocycles. The molecule has 1 saturated heterocycles. The van der Waals surface area contributed by atoms with Crippen molar-refractivity contribution in [3.8, 4) is 11.5 Å². The Hall–Kier alpha value is -2.73. The Balaban J connectivity index is 1.27. The first-order valence-electron chi connectivity index (χ1n) is 9.75. The van der Waals surface area contributed by atoms with Gasteiger partial charge in [-0.1, -0.05) is 18.2 Å². The molecule has 148 valence electrons. The summed E-state index contributed by atoms with van der Waals surface area (Å²) in [6.45, 7) is 6.79. The second-order valence-corrected chi connectivity index (χ2v) is 7.57. The molecule has 1 fully saturated rings. The van der Waals surface area contributed by atoms with E-state index in [0.29, 0.717) is 13.1 Å². The molecule has 0 atom stereocenters. The number of benzene rings is 2. The maximum Gasteiger partial charge on any atom is 0.236 e. The SMILES string of the molecule is Cc1cccc(N2CCN(C(=O)CN(C)Cc3ccc4c(c3)OCO4)CC2)c1. The van der Waals surface area contributed by atoms with Crippen molar-refractivity contribution in [2.24, 2.45) is 0 Å². The highest BCUT2D eigenvalue weighted by molar-refractivity contribution is 5.78. The number of ether oxygens (including phenoxy) is 2. The van der Waals surface area contributed by atoms with E-state index in [1.54, 1.807) is 0 Å². The van der Waals surface area contributed by atoms with Gasteiger partial charge in [0.1, 0.15) is 0 Å². The molecule has 0 saturated carbocycles. The molecule has 1 amide bonds. The molecule has 2 aliphatic rings. The highest BCUT2D eigenvalue weighted by Gasteiger charge is 2.22. The van der Waals surface area contributed by atoms with Crippen molar-refractivity contribution < 1.29 is 14.3 Å². The number of likely N-dealkylation sites (N-methyl/N-ethyl adjacent to an activating group) is 1. The summed E-state index contributed by atoms with van der Waals surface area (Å²) >= 11 is 0. The minimum absolute atomic E-state index is 0.187. The number of carbonyl (C=O) groups excluding carboxylic acids is 1. The average molecular weight is 381 g/mol. The third-order valence-electron chi connectivity index (χ3n) is 5.29. The van der Waals surface area contributed by atoms with Gasteiger partial charge in [-0.3, -0.25) is 9.69 Å². The Bertz CT molecular complexity index is 847. The molecule has 28 heavy (non-hydrogen) atoms. The van der Waals surface area contributed by atoms with Crippen LogP contribution in [0.5, 0.6) is 11.5 Å². The van der Waals surface area contributed by atoms with Crippen LogP contribution in [-0.4, -0.2) is 62.3 Å².